The Hall–Kier alpha value is -1.87. The molecule has 0 aromatic rings. The Labute approximate surface area is 301 Å². The summed E-state index contributed by atoms with van der Waals surface area (Å²) in [5.41, 5.74) is 0. The molecule has 4 N–H and O–H groups in total. The van der Waals surface area contributed by atoms with E-state index in [-0.39, 0.29) is 17.9 Å². The topological polar surface area (TPSA) is 126 Å². The highest BCUT2D eigenvalue weighted by molar-refractivity contribution is 5.86. The second-order valence-electron chi connectivity index (χ2n) is 14.1. The van der Waals surface area contributed by atoms with E-state index < -0.39 is 12.1 Å². The molecule has 0 aliphatic rings. The van der Waals surface area contributed by atoms with Gasteiger partial charge in [-0.2, -0.15) is 0 Å². The summed E-state index contributed by atoms with van der Waals surface area (Å²) in [7, 11) is 0. The molecular weight excluding hydrogens is 618 g/mol. The van der Waals surface area contributed by atoms with Gasteiger partial charge in [0, 0.05) is 33.2 Å². The largest absolute Gasteiger partial charge is 0.465 e. The highest BCUT2D eigenvalue weighted by atomic mass is 16.5. The van der Waals surface area contributed by atoms with Gasteiger partial charge in [0.1, 0.15) is 6.04 Å². The average molecular weight is 698 g/mol. The molecule has 290 valence electrons. The van der Waals surface area contributed by atoms with E-state index in [1.54, 1.807) is 0 Å². The summed E-state index contributed by atoms with van der Waals surface area (Å²) in [5.74, 6) is -0.518. The Morgan fingerprint density at radius 2 is 1.02 bits per heavy atom. The zero-order valence-corrected chi connectivity index (χ0v) is 32.3. The van der Waals surface area contributed by atoms with Crippen molar-refractivity contribution in [2.45, 2.75) is 206 Å². The fraction of sp³-hybridized carbons (Fsp3) is 0.925. The molecule has 0 spiro atoms. The number of carbonyl (C=O) groups is 3. The first-order valence-corrected chi connectivity index (χ1v) is 20.6. The lowest BCUT2D eigenvalue weighted by atomic mass is 10.1. The Balaban J connectivity index is 4.44. The summed E-state index contributed by atoms with van der Waals surface area (Å²) in [4.78, 5) is 35.4. The summed E-state index contributed by atoms with van der Waals surface area (Å²) in [5, 5.41) is 16.8. The standard InChI is InChI=1S/C40H79N3O6/c1-4-6-8-10-12-14-16-18-20-22-24-28-32-48-35-37(49-33-29-25-23-21-19-17-15-13-11-9-7-5-2)34-42-39(45)38(43-36(3)44)30-26-27-31-41-40(46)47/h37-38,41H,4-35H2,1-3H3,(H,42,45)(H,43,44)(H,46,47). The molecule has 9 nitrogen and oxygen atoms in total. The van der Waals surface area contributed by atoms with Crippen LogP contribution < -0.4 is 16.0 Å². The number of hydrogen-bond acceptors (Lipinski definition) is 5. The monoisotopic (exact) mass is 698 g/mol. The van der Waals surface area contributed by atoms with Crippen molar-refractivity contribution in [1.29, 1.82) is 0 Å². The predicted octanol–water partition coefficient (Wildman–Crippen LogP) is 9.85. The third kappa shape index (κ3) is 35.7. The van der Waals surface area contributed by atoms with E-state index in [0.717, 1.165) is 19.3 Å². The number of carbonyl (C=O) groups excluding carboxylic acids is 2. The van der Waals surface area contributed by atoms with Gasteiger partial charge in [-0.3, -0.25) is 9.59 Å². The average Bonchev–Trinajstić information content (AvgIpc) is 3.07. The van der Waals surface area contributed by atoms with Crippen LogP contribution in [-0.4, -0.2) is 68.1 Å². The molecule has 2 atom stereocenters. The first kappa shape index (κ1) is 47.1. The van der Waals surface area contributed by atoms with Gasteiger partial charge in [-0.25, -0.2) is 4.79 Å². The van der Waals surface area contributed by atoms with E-state index in [1.807, 2.05) is 0 Å². The maximum atomic E-state index is 13.0. The van der Waals surface area contributed by atoms with Crippen molar-refractivity contribution in [2.75, 3.05) is 32.9 Å². The van der Waals surface area contributed by atoms with E-state index in [4.69, 9.17) is 14.6 Å². The van der Waals surface area contributed by atoms with Gasteiger partial charge in [-0.15, -0.1) is 0 Å². The molecule has 0 saturated heterocycles. The van der Waals surface area contributed by atoms with Crippen molar-refractivity contribution in [2.24, 2.45) is 0 Å². The van der Waals surface area contributed by atoms with Crippen molar-refractivity contribution in [3.05, 3.63) is 0 Å². The smallest absolute Gasteiger partial charge is 0.404 e. The summed E-state index contributed by atoms with van der Waals surface area (Å²) in [6, 6.07) is -0.665. The lowest BCUT2D eigenvalue weighted by Gasteiger charge is -2.22. The van der Waals surface area contributed by atoms with Gasteiger partial charge >= 0.3 is 6.09 Å². The Morgan fingerprint density at radius 1 is 0.571 bits per heavy atom. The minimum Gasteiger partial charge on any atom is -0.465 e. The van der Waals surface area contributed by atoms with E-state index in [0.29, 0.717) is 52.2 Å². The molecular formula is C40H79N3O6. The van der Waals surface area contributed by atoms with Gasteiger partial charge in [0.2, 0.25) is 11.8 Å². The molecule has 0 rings (SSSR count). The minimum atomic E-state index is -1.06. The summed E-state index contributed by atoms with van der Waals surface area (Å²) in [6.45, 7) is 8.34. The second-order valence-corrected chi connectivity index (χ2v) is 14.1. The third-order valence-corrected chi connectivity index (χ3v) is 9.19. The van der Waals surface area contributed by atoms with E-state index in [9.17, 15) is 14.4 Å². The molecule has 0 fully saturated rings. The van der Waals surface area contributed by atoms with Crippen LogP contribution in [0, 0.1) is 0 Å². The summed E-state index contributed by atoms with van der Waals surface area (Å²) in [6.07, 6.45) is 31.6. The molecule has 3 amide bonds. The lowest BCUT2D eigenvalue weighted by molar-refractivity contribution is -0.129. The third-order valence-electron chi connectivity index (χ3n) is 9.19. The van der Waals surface area contributed by atoms with E-state index >= 15 is 0 Å². The highest BCUT2D eigenvalue weighted by Gasteiger charge is 2.20. The fourth-order valence-electron chi connectivity index (χ4n) is 6.14. The van der Waals surface area contributed by atoms with Gasteiger partial charge in [0.05, 0.1) is 12.7 Å². The molecule has 2 unspecified atom stereocenters. The fourth-order valence-corrected chi connectivity index (χ4v) is 6.14. The lowest BCUT2D eigenvalue weighted by Crippen LogP contribution is -2.48. The van der Waals surface area contributed by atoms with Crippen LogP contribution >= 0.6 is 0 Å². The van der Waals surface area contributed by atoms with Gasteiger partial charge in [0.25, 0.3) is 0 Å². The second kappa shape index (κ2) is 37.4. The van der Waals surface area contributed by atoms with E-state index in [2.05, 4.69) is 29.8 Å². The number of hydrogen-bond donors (Lipinski definition) is 4. The molecule has 0 aromatic carbocycles. The molecule has 0 radical (unpaired) electrons. The predicted molar refractivity (Wildman–Crippen MR) is 203 cm³/mol. The van der Waals surface area contributed by atoms with Crippen LogP contribution in [0.2, 0.25) is 0 Å². The van der Waals surface area contributed by atoms with Crippen molar-refractivity contribution in [3.63, 3.8) is 0 Å². The summed E-state index contributed by atoms with van der Waals surface area (Å²) >= 11 is 0. The normalized spacial score (nSPS) is 12.5. The molecule has 49 heavy (non-hydrogen) atoms. The first-order valence-electron chi connectivity index (χ1n) is 20.6. The molecule has 0 bridgehead atoms. The van der Waals surface area contributed by atoms with Gasteiger partial charge in [0.15, 0.2) is 0 Å². The number of ether oxygens (including phenoxy) is 2. The highest BCUT2D eigenvalue weighted by Crippen LogP contribution is 2.14. The Bertz CT molecular complexity index is 754. The van der Waals surface area contributed by atoms with Crippen LogP contribution in [0.5, 0.6) is 0 Å². The number of nitrogens with one attached hydrogen (secondary N) is 3. The van der Waals surface area contributed by atoms with Crippen LogP contribution in [0.1, 0.15) is 194 Å². The number of carboxylic acid groups (broad SMARTS) is 1. The molecule has 0 aliphatic heterocycles. The van der Waals surface area contributed by atoms with Crippen molar-refractivity contribution in [1.82, 2.24) is 16.0 Å². The minimum absolute atomic E-state index is 0.244. The van der Waals surface area contributed by atoms with Gasteiger partial charge in [-0.1, -0.05) is 155 Å². The number of amides is 3. The van der Waals surface area contributed by atoms with Crippen LogP contribution in [0.25, 0.3) is 0 Å². The maximum absolute atomic E-state index is 13.0. The Kier molecular flexibility index (Phi) is 36.0. The molecule has 0 heterocycles. The number of unbranched alkanes of at least 4 members (excludes halogenated alkanes) is 23. The van der Waals surface area contributed by atoms with Crippen molar-refractivity contribution < 1.29 is 29.0 Å². The number of rotatable bonds is 38. The van der Waals surface area contributed by atoms with Crippen LogP contribution in [0.15, 0.2) is 0 Å². The summed E-state index contributed by atoms with van der Waals surface area (Å²) < 4.78 is 12.2. The molecule has 0 aromatic heterocycles. The van der Waals surface area contributed by atoms with Crippen LogP contribution in [0.3, 0.4) is 0 Å². The Morgan fingerprint density at radius 3 is 1.47 bits per heavy atom. The quantitative estimate of drug-likeness (QED) is 0.0476. The van der Waals surface area contributed by atoms with Gasteiger partial charge < -0.3 is 30.5 Å². The van der Waals surface area contributed by atoms with E-state index in [1.165, 1.54) is 142 Å². The SMILES string of the molecule is CCCCCCCCCCCCCCOCC(CNC(=O)C(CCCCNC(=O)O)NC(C)=O)OCCCCCCCCCCCCCC. The van der Waals surface area contributed by atoms with Crippen LogP contribution in [0.4, 0.5) is 4.79 Å². The molecule has 9 heteroatoms. The van der Waals surface area contributed by atoms with Crippen molar-refractivity contribution >= 4 is 17.9 Å². The zero-order valence-electron chi connectivity index (χ0n) is 32.3. The molecule has 0 saturated carbocycles. The molecule has 0 aliphatic carbocycles. The van der Waals surface area contributed by atoms with Crippen molar-refractivity contribution in [3.8, 4) is 0 Å². The van der Waals surface area contributed by atoms with Gasteiger partial charge in [-0.05, 0) is 32.1 Å². The zero-order chi connectivity index (χ0) is 36.0. The van der Waals surface area contributed by atoms with Crippen LogP contribution in [-0.2, 0) is 19.1 Å². The first-order chi connectivity index (χ1) is 23.9. The maximum Gasteiger partial charge on any atom is 0.404 e.